The monoisotopic (exact) mass is 369 g/mol. The Morgan fingerprint density at radius 3 is 2.56 bits per heavy atom. The van der Waals surface area contributed by atoms with Gasteiger partial charge in [-0.3, -0.25) is 4.90 Å². The maximum absolute atomic E-state index is 12.0. The van der Waals surface area contributed by atoms with Crippen molar-refractivity contribution in [2.45, 2.75) is 76.5 Å². The molecule has 0 radical (unpaired) electrons. The van der Waals surface area contributed by atoms with Crippen molar-refractivity contribution < 1.29 is 9.53 Å². The third-order valence-corrected chi connectivity index (χ3v) is 5.67. The lowest BCUT2D eigenvalue weighted by molar-refractivity contribution is 0.0503. The molecule has 1 saturated carbocycles. The highest BCUT2D eigenvalue weighted by atomic mass is 16.6. The second-order valence-electron chi connectivity index (χ2n) is 8.83. The van der Waals surface area contributed by atoms with E-state index in [2.05, 4.69) is 22.4 Å². The van der Waals surface area contributed by atoms with Crippen LogP contribution in [0.1, 0.15) is 69.9 Å². The van der Waals surface area contributed by atoms with Crippen molar-refractivity contribution in [3.8, 4) is 6.07 Å². The molecule has 2 aliphatic rings. The molecule has 1 heterocycles. The van der Waals surface area contributed by atoms with Crippen molar-refractivity contribution in [2.75, 3.05) is 13.1 Å². The van der Waals surface area contributed by atoms with Crippen LogP contribution in [0.25, 0.3) is 0 Å². The summed E-state index contributed by atoms with van der Waals surface area (Å²) in [6, 6.07) is 11.1. The van der Waals surface area contributed by atoms with Crippen LogP contribution in [0.4, 0.5) is 4.79 Å². The zero-order valence-corrected chi connectivity index (χ0v) is 16.7. The van der Waals surface area contributed by atoms with Gasteiger partial charge in [-0.05, 0) is 70.4 Å². The van der Waals surface area contributed by atoms with E-state index in [-0.39, 0.29) is 12.1 Å². The fourth-order valence-corrected chi connectivity index (χ4v) is 4.42. The Morgan fingerprint density at radius 2 is 1.89 bits per heavy atom. The highest BCUT2D eigenvalue weighted by molar-refractivity contribution is 5.68. The van der Waals surface area contributed by atoms with Crippen LogP contribution in [-0.2, 0) is 4.74 Å². The second-order valence-corrected chi connectivity index (χ2v) is 8.83. The molecule has 27 heavy (non-hydrogen) atoms. The highest BCUT2D eigenvalue weighted by Gasteiger charge is 2.33. The van der Waals surface area contributed by atoms with Crippen LogP contribution in [0, 0.1) is 11.3 Å². The van der Waals surface area contributed by atoms with E-state index in [0.717, 1.165) is 50.8 Å². The summed E-state index contributed by atoms with van der Waals surface area (Å²) >= 11 is 0. The Kier molecular flexibility index (Phi) is 6.06. The number of carbonyl (C=O) groups is 1. The Labute approximate surface area is 162 Å². The van der Waals surface area contributed by atoms with E-state index < -0.39 is 5.60 Å². The average molecular weight is 370 g/mol. The summed E-state index contributed by atoms with van der Waals surface area (Å²) in [5.41, 5.74) is 1.58. The molecule has 1 amide bonds. The number of ether oxygens (including phenoxy) is 1. The van der Waals surface area contributed by atoms with Gasteiger partial charge in [-0.1, -0.05) is 18.2 Å². The first-order valence-corrected chi connectivity index (χ1v) is 10.1. The van der Waals surface area contributed by atoms with E-state index in [1.54, 1.807) is 0 Å². The van der Waals surface area contributed by atoms with Crippen LogP contribution in [0.15, 0.2) is 24.3 Å². The molecular formula is C22H31N3O2. The lowest BCUT2D eigenvalue weighted by Crippen LogP contribution is -2.42. The van der Waals surface area contributed by atoms with Crippen LogP contribution < -0.4 is 5.32 Å². The number of carbonyl (C=O) groups excluding carboxylic acids is 1. The Balaban J connectivity index is 1.48. The van der Waals surface area contributed by atoms with Gasteiger partial charge in [-0.15, -0.1) is 0 Å². The van der Waals surface area contributed by atoms with Crippen LogP contribution in [-0.4, -0.2) is 41.8 Å². The third kappa shape index (κ3) is 5.23. The highest BCUT2D eigenvalue weighted by Crippen LogP contribution is 2.36. The predicted molar refractivity (Wildman–Crippen MR) is 106 cm³/mol. The number of hydrogen-bond acceptors (Lipinski definition) is 4. The van der Waals surface area contributed by atoms with Gasteiger partial charge in [0.05, 0.1) is 11.6 Å². The molecule has 1 unspecified atom stereocenters. The number of hydrogen-bond donors (Lipinski definition) is 1. The molecule has 1 atom stereocenters. The van der Waals surface area contributed by atoms with E-state index >= 15 is 0 Å². The Bertz CT molecular complexity index is 696. The van der Waals surface area contributed by atoms with Crippen molar-refractivity contribution in [3.63, 3.8) is 0 Å². The average Bonchev–Trinajstić information content (AvgIpc) is 3.08. The van der Waals surface area contributed by atoms with E-state index in [1.807, 2.05) is 39.0 Å². The Hall–Kier alpha value is -2.06. The number of nitrogens with one attached hydrogen (secondary N) is 1. The van der Waals surface area contributed by atoms with E-state index in [0.29, 0.717) is 12.0 Å². The zero-order valence-electron chi connectivity index (χ0n) is 16.7. The van der Waals surface area contributed by atoms with E-state index in [1.165, 1.54) is 5.56 Å². The van der Waals surface area contributed by atoms with Crippen molar-refractivity contribution in [2.24, 2.45) is 0 Å². The van der Waals surface area contributed by atoms with Crippen LogP contribution in [0.5, 0.6) is 0 Å². The lowest BCUT2D eigenvalue weighted by Gasteiger charge is -2.35. The number of likely N-dealkylation sites (tertiary alicyclic amines) is 1. The predicted octanol–water partition coefficient (Wildman–Crippen LogP) is 4.18. The van der Waals surface area contributed by atoms with Gasteiger partial charge in [0, 0.05) is 25.2 Å². The SMILES string of the molecule is CC(C)(C)OC(=O)NC1CCN(C2CCC(c3ccccc3C#N)CC2)C1. The Morgan fingerprint density at radius 1 is 1.19 bits per heavy atom. The quantitative estimate of drug-likeness (QED) is 0.868. The molecule has 1 aromatic carbocycles. The smallest absolute Gasteiger partial charge is 0.407 e. The molecule has 3 rings (SSSR count). The first kappa shape index (κ1) is 19.7. The van der Waals surface area contributed by atoms with Crippen molar-refractivity contribution in [1.29, 1.82) is 5.26 Å². The van der Waals surface area contributed by atoms with Crippen molar-refractivity contribution in [1.82, 2.24) is 10.2 Å². The van der Waals surface area contributed by atoms with Crippen LogP contribution in [0.3, 0.4) is 0 Å². The minimum atomic E-state index is -0.458. The van der Waals surface area contributed by atoms with Gasteiger partial charge in [0.2, 0.25) is 0 Å². The van der Waals surface area contributed by atoms with Gasteiger partial charge in [-0.2, -0.15) is 5.26 Å². The van der Waals surface area contributed by atoms with E-state index in [4.69, 9.17) is 4.74 Å². The zero-order chi connectivity index (χ0) is 19.4. The first-order valence-electron chi connectivity index (χ1n) is 10.1. The maximum atomic E-state index is 12.0. The number of amides is 1. The van der Waals surface area contributed by atoms with E-state index in [9.17, 15) is 10.1 Å². The summed E-state index contributed by atoms with van der Waals surface area (Å²) in [5.74, 6) is 0.496. The van der Waals surface area contributed by atoms with Crippen LogP contribution >= 0.6 is 0 Å². The molecular weight excluding hydrogens is 338 g/mol. The largest absolute Gasteiger partial charge is 0.444 e. The molecule has 1 aliphatic carbocycles. The van der Waals surface area contributed by atoms with Gasteiger partial charge in [0.1, 0.15) is 5.60 Å². The summed E-state index contributed by atoms with van der Waals surface area (Å²) < 4.78 is 5.37. The number of alkyl carbamates (subject to hydrolysis) is 1. The number of nitrogens with zero attached hydrogens (tertiary/aromatic N) is 2. The topological polar surface area (TPSA) is 65.4 Å². The standard InChI is InChI=1S/C22H31N3O2/c1-22(2,3)27-21(26)24-18-12-13-25(15-18)19-10-8-16(9-11-19)20-7-5-4-6-17(20)14-23/h4-7,16,18-19H,8-13,15H2,1-3H3,(H,24,26). The number of benzene rings is 1. The number of rotatable bonds is 3. The summed E-state index contributed by atoms with van der Waals surface area (Å²) in [6.45, 7) is 7.59. The van der Waals surface area contributed by atoms with Gasteiger partial charge in [0.15, 0.2) is 0 Å². The molecule has 0 spiro atoms. The molecule has 1 saturated heterocycles. The molecule has 5 nitrogen and oxygen atoms in total. The summed E-state index contributed by atoms with van der Waals surface area (Å²) in [6.07, 6.45) is 5.24. The molecule has 0 bridgehead atoms. The van der Waals surface area contributed by atoms with Gasteiger partial charge in [-0.25, -0.2) is 4.79 Å². The fourth-order valence-electron chi connectivity index (χ4n) is 4.42. The number of nitriles is 1. The fraction of sp³-hybridized carbons (Fsp3) is 0.636. The van der Waals surface area contributed by atoms with Gasteiger partial charge in [0.25, 0.3) is 0 Å². The normalized spacial score (nSPS) is 26.4. The van der Waals surface area contributed by atoms with Crippen LogP contribution in [0.2, 0.25) is 0 Å². The summed E-state index contributed by atoms with van der Waals surface area (Å²) in [5, 5.41) is 12.4. The maximum Gasteiger partial charge on any atom is 0.407 e. The first-order chi connectivity index (χ1) is 12.9. The van der Waals surface area contributed by atoms with Crippen molar-refractivity contribution in [3.05, 3.63) is 35.4 Å². The van der Waals surface area contributed by atoms with Gasteiger partial charge < -0.3 is 10.1 Å². The molecule has 1 aliphatic heterocycles. The summed E-state index contributed by atoms with van der Waals surface area (Å²) in [7, 11) is 0. The third-order valence-electron chi connectivity index (χ3n) is 5.67. The molecule has 2 fully saturated rings. The minimum Gasteiger partial charge on any atom is -0.444 e. The van der Waals surface area contributed by atoms with Crippen molar-refractivity contribution >= 4 is 6.09 Å². The molecule has 1 aromatic rings. The molecule has 146 valence electrons. The molecule has 0 aromatic heterocycles. The summed E-state index contributed by atoms with van der Waals surface area (Å²) in [4.78, 5) is 14.5. The lowest BCUT2D eigenvalue weighted by atomic mass is 9.80. The molecule has 5 heteroatoms. The molecule has 1 N–H and O–H groups in total. The second kappa shape index (κ2) is 8.31. The minimum absolute atomic E-state index is 0.178. The van der Waals surface area contributed by atoms with Gasteiger partial charge >= 0.3 is 6.09 Å².